The molecule has 0 unspecified atom stereocenters. The minimum Gasteiger partial charge on any atom is -0.508 e. The number of nitrogens with zero attached hydrogens (tertiary/aromatic N) is 1. The van der Waals surface area contributed by atoms with Crippen molar-refractivity contribution >= 4 is 12.1 Å². The van der Waals surface area contributed by atoms with Gasteiger partial charge in [-0.25, -0.2) is 5.43 Å². The third-order valence-electron chi connectivity index (χ3n) is 2.62. The number of nitrogens with one attached hydrogen (secondary N) is 1. The van der Waals surface area contributed by atoms with Crippen LogP contribution in [0.2, 0.25) is 0 Å². The van der Waals surface area contributed by atoms with Gasteiger partial charge >= 0.3 is 0 Å². The Morgan fingerprint density at radius 1 is 0.952 bits per heavy atom. The van der Waals surface area contributed by atoms with E-state index in [0.29, 0.717) is 0 Å². The number of hydrogen-bond donors (Lipinski definition) is 5. The van der Waals surface area contributed by atoms with Gasteiger partial charge in [0.1, 0.15) is 11.5 Å². The standard InChI is InChI=1S/C14H12N2O5/c17-10-2-4-11(18)9(5-10)7-15-16-14(21)8-1-3-12(19)13(20)6-8/h1-7,17-20H,(H,16,21). The van der Waals surface area contributed by atoms with Crippen LogP contribution in [-0.2, 0) is 0 Å². The van der Waals surface area contributed by atoms with Gasteiger partial charge in [-0.05, 0) is 36.4 Å². The van der Waals surface area contributed by atoms with E-state index in [1.54, 1.807) is 0 Å². The second-order valence-corrected chi connectivity index (χ2v) is 4.15. The Kier molecular flexibility index (Phi) is 3.94. The van der Waals surface area contributed by atoms with Crippen LogP contribution < -0.4 is 5.43 Å². The third-order valence-corrected chi connectivity index (χ3v) is 2.62. The molecule has 0 saturated heterocycles. The maximum Gasteiger partial charge on any atom is 0.271 e. The Balaban J connectivity index is 2.08. The zero-order valence-corrected chi connectivity index (χ0v) is 10.7. The quantitative estimate of drug-likeness (QED) is 0.252. The van der Waals surface area contributed by atoms with Crippen LogP contribution >= 0.6 is 0 Å². The summed E-state index contributed by atoms with van der Waals surface area (Å²) in [6.45, 7) is 0. The van der Waals surface area contributed by atoms with Crippen LogP contribution in [0.4, 0.5) is 0 Å². The molecule has 7 nitrogen and oxygen atoms in total. The maximum absolute atomic E-state index is 11.7. The van der Waals surface area contributed by atoms with E-state index in [2.05, 4.69) is 10.5 Å². The van der Waals surface area contributed by atoms with Crippen molar-refractivity contribution in [3.05, 3.63) is 47.5 Å². The van der Waals surface area contributed by atoms with Gasteiger partial charge in [0.05, 0.1) is 6.21 Å². The topological polar surface area (TPSA) is 122 Å². The highest BCUT2D eigenvalue weighted by Crippen LogP contribution is 2.24. The lowest BCUT2D eigenvalue weighted by molar-refractivity contribution is 0.0954. The first-order valence-electron chi connectivity index (χ1n) is 5.85. The maximum atomic E-state index is 11.7. The molecule has 1 amide bonds. The predicted octanol–water partition coefficient (Wildman–Crippen LogP) is 1.27. The summed E-state index contributed by atoms with van der Waals surface area (Å²) in [5.41, 5.74) is 2.51. The SMILES string of the molecule is O=C(NN=Cc1cc(O)ccc1O)c1ccc(O)c(O)c1. The van der Waals surface area contributed by atoms with E-state index in [-0.39, 0.29) is 28.4 Å². The van der Waals surface area contributed by atoms with Crippen molar-refractivity contribution < 1.29 is 25.2 Å². The Bertz CT molecular complexity index is 713. The van der Waals surface area contributed by atoms with Gasteiger partial charge in [-0.3, -0.25) is 4.79 Å². The van der Waals surface area contributed by atoms with Gasteiger partial charge in [-0.15, -0.1) is 0 Å². The van der Waals surface area contributed by atoms with E-state index >= 15 is 0 Å². The van der Waals surface area contributed by atoms with E-state index in [1.807, 2.05) is 0 Å². The number of benzene rings is 2. The molecule has 0 aliphatic heterocycles. The number of hydrogen-bond acceptors (Lipinski definition) is 6. The Morgan fingerprint density at radius 2 is 1.67 bits per heavy atom. The van der Waals surface area contributed by atoms with Crippen molar-refractivity contribution in [2.75, 3.05) is 0 Å². The summed E-state index contributed by atoms with van der Waals surface area (Å²) in [7, 11) is 0. The molecule has 0 saturated carbocycles. The fraction of sp³-hybridized carbons (Fsp3) is 0. The number of carbonyl (C=O) groups is 1. The molecule has 5 N–H and O–H groups in total. The average Bonchev–Trinajstić information content (AvgIpc) is 2.45. The van der Waals surface area contributed by atoms with Crippen molar-refractivity contribution in [1.82, 2.24) is 5.43 Å². The van der Waals surface area contributed by atoms with Crippen LogP contribution in [0.25, 0.3) is 0 Å². The Labute approximate surface area is 119 Å². The first-order chi connectivity index (χ1) is 9.97. The number of amides is 1. The summed E-state index contributed by atoms with van der Waals surface area (Å²) in [6.07, 6.45) is 1.16. The number of rotatable bonds is 3. The molecule has 0 fully saturated rings. The van der Waals surface area contributed by atoms with Gasteiger partial charge in [-0.2, -0.15) is 5.10 Å². The van der Waals surface area contributed by atoms with E-state index in [1.165, 1.54) is 30.3 Å². The average molecular weight is 288 g/mol. The molecule has 0 aliphatic carbocycles. The fourth-order valence-electron chi connectivity index (χ4n) is 1.53. The lowest BCUT2D eigenvalue weighted by atomic mass is 10.2. The molecule has 0 bridgehead atoms. The molecule has 2 rings (SSSR count). The third kappa shape index (κ3) is 3.41. The molecule has 0 aromatic heterocycles. The van der Waals surface area contributed by atoms with Gasteiger partial charge < -0.3 is 20.4 Å². The zero-order chi connectivity index (χ0) is 15.4. The number of phenols is 4. The summed E-state index contributed by atoms with van der Waals surface area (Å²) in [5.74, 6) is -1.52. The molecule has 21 heavy (non-hydrogen) atoms. The molecular formula is C14H12N2O5. The molecule has 108 valence electrons. The minimum absolute atomic E-state index is 0.0518. The number of phenolic OH excluding ortho intramolecular Hbond substituents is 4. The molecule has 0 heterocycles. The first-order valence-corrected chi connectivity index (χ1v) is 5.85. The van der Waals surface area contributed by atoms with Gasteiger partial charge in [0.25, 0.3) is 5.91 Å². The molecule has 0 spiro atoms. The van der Waals surface area contributed by atoms with Crippen molar-refractivity contribution in [3.8, 4) is 23.0 Å². The van der Waals surface area contributed by atoms with Gasteiger partial charge in [0.2, 0.25) is 0 Å². The van der Waals surface area contributed by atoms with Crippen LogP contribution in [0.3, 0.4) is 0 Å². The lowest BCUT2D eigenvalue weighted by Crippen LogP contribution is -2.17. The van der Waals surface area contributed by atoms with Gasteiger partial charge in [0, 0.05) is 11.1 Å². The van der Waals surface area contributed by atoms with Crippen molar-refractivity contribution in [3.63, 3.8) is 0 Å². The van der Waals surface area contributed by atoms with E-state index in [9.17, 15) is 20.1 Å². The van der Waals surface area contributed by atoms with Crippen LogP contribution in [-0.4, -0.2) is 32.5 Å². The second kappa shape index (κ2) is 5.83. The summed E-state index contributed by atoms with van der Waals surface area (Å²) < 4.78 is 0. The summed E-state index contributed by atoms with van der Waals surface area (Å²) in [6, 6.07) is 7.45. The zero-order valence-electron chi connectivity index (χ0n) is 10.7. The van der Waals surface area contributed by atoms with Crippen molar-refractivity contribution in [2.24, 2.45) is 5.10 Å². The largest absolute Gasteiger partial charge is 0.508 e. The smallest absolute Gasteiger partial charge is 0.271 e. The Hall–Kier alpha value is -3.22. The van der Waals surface area contributed by atoms with Crippen LogP contribution in [0, 0.1) is 0 Å². The lowest BCUT2D eigenvalue weighted by Gasteiger charge is -2.02. The van der Waals surface area contributed by atoms with Crippen LogP contribution in [0.15, 0.2) is 41.5 Å². The summed E-state index contributed by atoms with van der Waals surface area (Å²) in [5, 5.41) is 40.8. The van der Waals surface area contributed by atoms with Crippen LogP contribution in [0.1, 0.15) is 15.9 Å². The first kappa shape index (κ1) is 14.2. The van der Waals surface area contributed by atoms with E-state index < -0.39 is 11.7 Å². The second-order valence-electron chi connectivity index (χ2n) is 4.15. The molecule has 2 aromatic rings. The highest BCUT2D eigenvalue weighted by atomic mass is 16.3. The van der Waals surface area contributed by atoms with E-state index in [0.717, 1.165) is 12.3 Å². The molecule has 0 atom stereocenters. The minimum atomic E-state index is -0.610. The number of hydrazone groups is 1. The summed E-state index contributed by atoms with van der Waals surface area (Å²) in [4.78, 5) is 11.7. The van der Waals surface area contributed by atoms with Crippen LogP contribution in [0.5, 0.6) is 23.0 Å². The fourth-order valence-corrected chi connectivity index (χ4v) is 1.53. The van der Waals surface area contributed by atoms with Crippen molar-refractivity contribution in [2.45, 2.75) is 0 Å². The van der Waals surface area contributed by atoms with E-state index in [4.69, 9.17) is 5.11 Å². The molecule has 2 aromatic carbocycles. The van der Waals surface area contributed by atoms with Gasteiger partial charge in [0.15, 0.2) is 11.5 Å². The molecule has 0 aliphatic rings. The van der Waals surface area contributed by atoms with Crippen molar-refractivity contribution in [1.29, 1.82) is 0 Å². The van der Waals surface area contributed by atoms with Gasteiger partial charge in [-0.1, -0.05) is 0 Å². The summed E-state index contributed by atoms with van der Waals surface area (Å²) >= 11 is 0. The normalized spacial score (nSPS) is 10.7. The number of aromatic hydroxyl groups is 4. The molecule has 7 heteroatoms. The highest BCUT2D eigenvalue weighted by molar-refractivity contribution is 5.95. The highest BCUT2D eigenvalue weighted by Gasteiger charge is 2.07. The molecular weight excluding hydrogens is 276 g/mol. The number of carbonyl (C=O) groups excluding carboxylic acids is 1. The molecule has 0 radical (unpaired) electrons. The Morgan fingerprint density at radius 3 is 2.38 bits per heavy atom. The monoisotopic (exact) mass is 288 g/mol. The predicted molar refractivity (Wildman–Crippen MR) is 74.6 cm³/mol.